The van der Waals surface area contributed by atoms with Gasteiger partial charge in [-0.1, -0.05) is 24.3 Å². The van der Waals surface area contributed by atoms with E-state index < -0.39 is 0 Å². The topological polar surface area (TPSA) is 65.0 Å². The molecule has 5 heteroatoms. The van der Waals surface area contributed by atoms with Crippen molar-refractivity contribution in [2.45, 2.75) is 32.0 Å². The summed E-state index contributed by atoms with van der Waals surface area (Å²) < 4.78 is 16.2. The van der Waals surface area contributed by atoms with Gasteiger partial charge in [0.15, 0.2) is 6.29 Å². The van der Waals surface area contributed by atoms with Crippen LogP contribution in [0.2, 0.25) is 0 Å². The highest BCUT2D eigenvalue weighted by Gasteiger charge is 2.19. The molecule has 1 N–H and O–H groups in total. The normalized spacial score (nSPS) is 17.4. The largest absolute Gasteiger partial charge is 0.465 e. The van der Waals surface area contributed by atoms with E-state index in [0.29, 0.717) is 19.6 Å². The minimum absolute atomic E-state index is 0.0255. The second-order valence-electron chi connectivity index (χ2n) is 5.06. The lowest BCUT2D eigenvalue weighted by Crippen LogP contribution is -2.18. The van der Waals surface area contributed by atoms with E-state index >= 15 is 0 Å². The third-order valence-electron chi connectivity index (χ3n) is 3.44. The molecule has 1 atom stereocenters. The number of hydrogen-bond donors (Lipinski definition) is 1. The average Bonchev–Trinajstić information content (AvgIpc) is 2.55. The monoisotopic (exact) mass is 294 g/mol. The molecule has 116 valence electrons. The smallest absolute Gasteiger partial charge is 0.313 e. The van der Waals surface area contributed by atoms with Crippen LogP contribution in [0.25, 0.3) is 0 Å². The summed E-state index contributed by atoms with van der Waals surface area (Å²) in [4.78, 5) is 11.9. The van der Waals surface area contributed by atoms with Gasteiger partial charge >= 0.3 is 5.97 Å². The number of aliphatic hydroxyl groups excluding tert-OH is 1. The summed E-state index contributed by atoms with van der Waals surface area (Å²) in [6.45, 7) is 3.50. The Morgan fingerprint density at radius 3 is 2.62 bits per heavy atom. The van der Waals surface area contributed by atoms with Crippen LogP contribution in [-0.2, 0) is 19.0 Å². The van der Waals surface area contributed by atoms with E-state index in [1.54, 1.807) is 0 Å². The molecule has 0 aliphatic carbocycles. The molecule has 1 heterocycles. The van der Waals surface area contributed by atoms with Crippen molar-refractivity contribution >= 4 is 5.97 Å². The molecular formula is C16H22O5. The van der Waals surface area contributed by atoms with Gasteiger partial charge in [0.25, 0.3) is 0 Å². The lowest BCUT2D eigenvalue weighted by Gasteiger charge is -2.23. The quantitative estimate of drug-likeness (QED) is 0.643. The minimum Gasteiger partial charge on any atom is -0.465 e. The maximum absolute atomic E-state index is 11.9. The van der Waals surface area contributed by atoms with E-state index in [-0.39, 0.29) is 31.4 Å². The van der Waals surface area contributed by atoms with Gasteiger partial charge in [-0.25, -0.2) is 0 Å². The lowest BCUT2D eigenvalue weighted by molar-refractivity contribution is -0.183. The molecule has 2 rings (SSSR count). The Morgan fingerprint density at radius 1 is 1.33 bits per heavy atom. The highest BCUT2D eigenvalue weighted by molar-refractivity contribution is 5.77. The van der Waals surface area contributed by atoms with Gasteiger partial charge in [0.05, 0.1) is 25.7 Å². The number of hydrogen-bond acceptors (Lipinski definition) is 5. The second-order valence-corrected chi connectivity index (χ2v) is 5.06. The average molecular weight is 294 g/mol. The number of ether oxygens (including phenoxy) is 3. The molecule has 0 aromatic heterocycles. The maximum atomic E-state index is 11.9. The van der Waals surface area contributed by atoms with Crippen LogP contribution in [0.4, 0.5) is 0 Å². The van der Waals surface area contributed by atoms with Crippen LogP contribution in [0.5, 0.6) is 0 Å². The molecule has 21 heavy (non-hydrogen) atoms. The number of carbonyl (C=O) groups excluding carboxylic acids is 1. The Kier molecular flexibility index (Phi) is 6.17. The number of carbonyl (C=O) groups is 1. The van der Waals surface area contributed by atoms with Crippen LogP contribution < -0.4 is 0 Å². The van der Waals surface area contributed by atoms with E-state index in [4.69, 9.17) is 19.3 Å². The van der Waals surface area contributed by atoms with Crippen molar-refractivity contribution in [2.24, 2.45) is 0 Å². The second kappa shape index (κ2) is 8.12. The third-order valence-corrected chi connectivity index (χ3v) is 3.44. The standard InChI is InChI=1S/C16H22O5/c1-12(15(18)19-9-2-8-17)13-4-6-14(7-5-13)16-20-10-3-11-21-16/h4-7,12,16-17H,2-3,8-11H2,1H3/t12-/m1/s1. The fourth-order valence-electron chi connectivity index (χ4n) is 2.12. The van der Waals surface area contributed by atoms with Crippen LogP contribution in [0.3, 0.4) is 0 Å². The summed E-state index contributed by atoms with van der Waals surface area (Å²) in [6, 6.07) is 7.63. The number of esters is 1. The van der Waals surface area contributed by atoms with E-state index in [2.05, 4.69) is 0 Å². The van der Waals surface area contributed by atoms with Crippen LogP contribution in [-0.4, -0.2) is 37.5 Å². The zero-order valence-electron chi connectivity index (χ0n) is 12.3. The van der Waals surface area contributed by atoms with Gasteiger partial charge < -0.3 is 19.3 Å². The first-order valence-electron chi connectivity index (χ1n) is 7.33. The summed E-state index contributed by atoms with van der Waals surface area (Å²) in [5.41, 5.74) is 1.85. The molecule has 1 aliphatic heterocycles. The molecular weight excluding hydrogens is 272 g/mol. The molecule has 1 aromatic carbocycles. The van der Waals surface area contributed by atoms with Gasteiger partial charge in [-0.05, 0) is 18.9 Å². The molecule has 5 nitrogen and oxygen atoms in total. The number of benzene rings is 1. The van der Waals surface area contributed by atoms with Crippen LogP contribution in [0.15, 0.2) is 24.3 Å². The third kappa shape index (κ3) is 4.52. The Labute approximate surface area is 124 Å². The van der Waals surface area contributed by atoms with Crippen molar-refractivity contribution in [3.8, 4) is 0 Å². The van der Waals surface area contributed by atoms with Crippen molar-refractivity contribution in [3.63, 3.8) is 0 Å². The van der Waals surface area contributed by atoms with E-state index in [9.17, 15) is 4.79 Å². The Bertz CT molecular complexity index is 436. The summed E-state index contributed by atoms with van der Waals surface area (Å²) >= 11 is 0. The van der Waals surface area contributed by atoms with Crippen molar-refractivity contribution in [1.82, 2.24) is 0 Å². The van der Waals surface area contributed by atoms with Gasteiger partial charge in [-0.2, -0.15) is 0 Å². The van der Waals surface area contributed by atoms with Gasteiger partial charge in [0.2, 0.25) is 0 Å². The molecule has 1 aliphatic rings. The van der Waals surface area contributed by atoms with E-state index in [0.717, 1.165) is 17.5 Å². The first-order chi connectivity index (χ1) is 10.2. The zero-order chi connectivity index (χ0) is 15.1. The van der Waals surface area contributed by atoms with E-state index in [1.807, 2.05) is 31.2 Å². The molecule has 0 spiro atoms. The summed E-state index contributed by atoms with van der Waals surface area (Å²) in [6.07, 6.45) is 1.08. The highest BCUT2D eigenvalue weighted by Crippen LogP contribution is 2.25. The summed E-state index contributed by atoms with van der Waals surface area (Å²) in [7, 11) is 0. The van der Waals surface area contributed by atoms with Gasteiger partial charge in [0.1, 0.15) is 0 Å². The molecule has 0 amide bonds. The fraction of sp³-hybridized carbons (Fsp3) is 0.562. The van der Waals surface area contributed by atoms with Crippen molar-refractivity contribution < 1.29 is 24.1 Å². The van der Waals surface area contributed by atoms with Crippen LogP contribution in [0.1, 0.15) is 43.1 Å². The molecule has 0 radical (unpaired) electrons. The zero-order valence-corrected chi connectivity index (χ0v) is 12.3. The summed E-state index contributed by atoms with van der Waals surface area (Å²) in [5, 5.41) is 8.67. The molecule has 0 unspecified atom stereocenters. The van der Waals surface area contributed by atoms with Crippen LogP contribution in [0, 0.1) is 0 Å². The van der Waals surface area contributed by atoms with Gasteiger partial charge in [-0.3, -0.25) is 4.79 Å². The Balaban J connectivity index is 1.92. The first-order valence-corrected chi connectivity index (χ1v) is 7.33. The molecule has 0 saturated carbocycles. The maximum Gasteiger partial charge on any atom is 0.313 e. The fourth-order valence-corrected chi connectivity index (χ4v) is 2.12. The number of rotatable bonds is 6. The van der Waals surface area contributed by atoms with Gasteiger partial charge in [0, 0.05) is 18.6 Å². The van der Waals surface area contributed by atoms with Crippen molar-refractivity contribution in [2.75, 3.05) is 26.4 Å². The van der Waals surface area contributed by atoms with Crippen LogP contribution >= 0.6 is 0 Å². The van der Waals surface area contributed by atoms with Gasteiger partial charge in [-0.15, -0.1) is 0 Å². The van der Waals surface area contributed by atoms with Crippen molar-refractivity contribution in [3.05, 3.63) is 35.4 Å². The highest BCUT2D eigenvalue weighted by atomic mass is 16.7. The predicted molar refractivity (Wildman–Crippen MR) is 76.8 cm³/mol. The molecule has 0 bridgehead atoms. The lowest BCUT2D eigenvalue weighted by atomic mass is 10.00. The summed E-state index contributed by atoms with van der Waals surface area (Å²) in [5.74, 6) is -0.604. The predicted octanol–water partition coefficient (Wildman–Crippen LogP) is 2.15. The molecule has 1 saturated heterocycles. The number of aliphatic hydroxyl groups is 1. The molecule has 1 aromatic rings. The first kappa shape index (κ1) is 15.9. The Hall–Kier alpha value is -1.43. The molecule has 1 fully saturated rings. The SMILES string of the molecule is C[C@@H](C(=O)OCCCO)c1ccc(C2OCCCO2)cc1. The van der Waals surface area contributed by atoms with Crippen molar-refractivity contribution in [1.29, 1.82) is 0 Å². The van der Waals surface area contributed by atoms with E-state index in [1.165, 1.54) is 0 Å². The Morgan fingerprint density at radius 2 is 2.00 bits per heavy atom. The minimum atomic E-state index is -0.328.